The van der Waals surface area contributed by atoms with Crippen LogP contribution in [0.5, 0.6) is 5.75 Å². The Kier molecular flexibility index (Phi) is 7.46. The lowest BCUT2D eigenvalue weighted by molar-refractivity contribution is -0.116. The van der Waals surface area contributed by atoms with E-state index in [0.29, 0.717) is 42.1 Å². The smallest absolute Gasteiger partial charge is 0.243 e. The van der Waals surface area contributed by atoms with Crippen LogP contribution in [0.3, 0.4) is 0 Å². The number of amides is 1. The van der Waals surface area contributed by atoms with Crippen molar-refractivity contribution in [3.05, 3.63) is 53.6 Å². The zero-order valence-electron chi connectivity index (χ0n) is 17.9. The Morgan fingerprint density at radius 3 is 2.48 bits per heavy atom. The van der Waals surface area contributed by atoms with Crippen molar-refractivity contribution in [1.82, 2.24) is 4.31 Å². The summed E-state index contributed by atoms with van der Waals surface area (Å²) in [5, 5.41) is 2.78. The van der Waals surface area contributed by atoms with E-state index in [0.717, 1.165) is 19.3 Å². The van der Waals surface area contributed by atoms with Crippen molar-refractivity contribution in [2.24, 2.45) is 0 Å². The highest BCUT2D eigenvalue weighted by Gasteiger charge is 2.26. The number of ether oxygens (including phenoxy) is 1. The fraction of sp³-hybridized carbons (Fsp3) is 0.391. The highest BCUT2D eigenvalue weighted by atomic mass is 32.2. The molecule has 0 bridgehead atoms. The number of ketones is 1. The predicted molar refractivity (Wildman–Crippen MR) is 119 cm³/mol. The van der Waals surface area contributed by atoms with E-state index in [2.05, 4.69) is 5.32 Å². The van der Waals surface area contributed by atoms with E-state index in [-0.39, 0.29) is 23.0 Å². The van der Waals surface area contributed by atoms with Gasteiger partial charge in [0.25, 0.3) is 0 Å². The van der Waals surface area contributed by atoms with Gasteiger partial charge in [0.15, 0.2) is 5.78 Å². The number of nitrogens with zero attached hydrogens (tertiary/aromatic N) is 1. The minimum absolute atomic E-state index is 0.0763. The first-order valence-electron chi connectivity index (χ1n) is 10.4. The number of aryl methyl sites for hydroxylation is 1. The Morgan fingerprint density at radius 1 is 1.06 bits per heavy atom. The molecule has 8 heteroatoms. The van der Waals surface area contributed by atoms with Crippen LogP contribution in [0, 0.1) is 0 Å². The Bertz CT molecular complexity index is 1060. The molecule has 2 aromatic rings. The predicted octanol–water partition coefficient (Wildman–Crippen LogP) is 3.64. The molecule has 0 saturated carbocycles. The Hall–Kier alpha value is -2.71. The molecule has 0 aliphatic carbocycles. The lowest BCUT2D eigenvalue weighted by Crippen LogP contribution is -2.35. The standard InChI is InChI=1S/C23H28N2O5S/c1-17(26)18-7-6-8-20(15-18)24-23(27)12-9-19-16-21(10-11-22(19)30-2)31(28,29)25-13-4-3-5-14-25/h6-8,10-11,15-16H,3-5,9,12-14H2,1-2H3,(H,24,27). The summed E-state index contributed by atoms with van der Waals surface area (Å²) in [5.74, 6) is 0.239. The number of methoxy groups -OCH3 is 1. The number of nitrogens with one attached hydrogen (secondary N) is 1. The molecule has 7 nitrogen and oxygen atoms in total. The van der Waals surface area contributed by atoms with E-state index in [1.165, 1.54) is 18.3 Å². The average molecular weight is 445 g/mol. The number of Topliss-reactive ketones (excluding diaryl/α,β-unsaturated/α-hetero) is 1. The van der Waals surface area contributed by atoms with Gasteiger partial charge in [-0.05, 0) is 62.1 Å². The van der Waals surface area contributed by atoms with E-state index < -0.39 is 10.0 Å². The molecular formula is C23H28N2O5S. The number of hydrogen-bond donors (Lipinski definition) is 1. The summed E-state index contributed by atoms with van der Waals surface area (Å²) in [7, 11) is -2.05. The van der Waals surface area contributed by atoms with Crippen LogP contribution in [0.4, 0.5) is 5.69 Å². The third-order valence-corrected chi connectivity index (χ3v) is 7.27. The van der Waals surface area contributed by atoms with Crippen molar-refractivity contribution in [2.45, 2.75) is 43.9 Å². The molecule has 1 heterocycles. The zero-order chi connectivity index (χ0) is 22.4. The zero-order valence-corrected chi connectivity index (χ0v) is 18.7. The SMILES string of the molecule is COc1ccc(S(=O)(=O)N2CCCCC2)cc1CCC(=O)Nc1cccc(C(C)=O)c1. The maximum atomic E-state index is 13.0. The van der Waals surface area contributed by atoms with E-state index in [1.807, 2.05) is 0 Å². The van der Waals surface area contributed by atoms with Crippen molar-refractivity contribution < 1.29 is 22.7 Å². The van der Waals surface area contributed by atoms with Gasteiger partial charge in [-0.3, -0.25) is 9.59 Å². The van der Waals surface area contributed by atoms with E-state index in [1.54, 1.807) is 42.5 Å². The van der Waals surface area contributed by atoms with E-state index >= 15 is 0 Å². The Morgan fingerprint density at radius 2 is 1.81 bits per heavy atom. The summed E-state index contributed by atoms with van der Waals surface area (Å²) < 4.78 is 32.9. The lowest BCUT2D eigenvalue weighted by Gasteiger charge is -2.26. The normalized spacial score (nSPS) is 14.8. The molecule has 2 aromatic carbocycles. The van der Waals surface area contributed by atoms with E-state index in [4.69, 9.17) is 4.74 Å². The fourth-order valence-corrected chi connectivity index (χ4v) is 5.22. The van der Waals surface area contributed by atoms with Gasteiger partial charge in [-0.2, -0.15) is 4.31 Å². The molecule has 1 fully saturated rings. The number of carbonyl (C=O) groups is 2. The van der Waals surface area contributed by atoms with Gasteiger partial charge in [0, 0.05) is 30.8 Å². The first-order chi connectivity index (χ1) is 14.8. The first kappa shape index (κ1) is 23.0. The largest absolute Gasteiger partial charge is 0.496 e. The topological polar surface area (TPSA) is 92.8 Å². The minimum Gasteiger partial charge on any atom is -0.496 e. The van der Waals surface area contributed by atoms with Crippen molar-refractivity contribution in [2.75, 3.05) is 25.5 Å². The molecule has 0 spiro atoms. The maximum Gasteiger partial charge on any atom is 0.243 e. The molecule has 1 N–H and O–H groups in total. The molecule has 31 heavy (non-hydrogen) atoms. The molecule has 1 saturated heterocycles. The van der Waals surface area contributed by atoms with Gasteiger partial charge in [0.1, 0.15) is 5.75 Å². The fourth-order valence-electron chi connectivity index (χ4n) is 3.65. The number of piperidine rings is 1. The van der Waals surface area contributed by atoms with Crippen LogP contribution in [0.1, 0.15) is 48.5 Å². The van der Waals surface area contributed by atoms with Crippen LogP contribution in [-0.2, 0) is 21.2 Å². The number of carbonyl (C=O) groups excluding carboxylic acids is 2. The second kappa shape index (κ2) is 10.1. The third-order valence-electron chi connectivity index (χ3n) is 5.38. The van der Waals surface area contributed by atoms with Gasteiger partial charge < -0.3 is 10.1 Å². The average Bonchev–Trinajstić information content (AvgIpc) is 2.78. The van der Waals surface area contributed by atoms with Gasteiger partial charge in [-0.15, -0.1) is 0 Å². The molecule has 166 valence electrons. The molecule has 1 aliphatic rings. The second-order valence-corrected chi connectivity index (χ2v) is 9.56. The van der Waals surface area contributed by atoms with Crippen LogP contribution >= 0.6 is 0 Å². The van der Waals surface area contributed by atoms with Crippen LogP contribution in [-0.4, -0.2) is 44.6 Å². The molecule has 1 amide bonds. The van der Waals surface area contributed by atoms with Crippen LogP contribution in [0.2, 0.25) is 0 Å². The monoisotopic (exact) mass is 444 g/mol. The summed E-state index contributed by atoms with van der Waals surface area (Å²) in [4.78, 5) is 24.2. The number of benzene rings is 2. The molecule has 0 aromatic heterocycles. The van der Waals surface area contributed by atoms with E-state index in [9.17, 15) is 18.0 Å². The van der Waals surface area contributed by atoms with Gasteiger partial charge >= 0.3 is 0 Å². The van der Waals surface area contributed by atoms with Crippen molar-refractivity contribution in [3.8, 4) is 5.75 Å². The number of sulfonamides is 1. The minimum atomic E-state index is -3.56. The second-order valence-electron chi connectivity index (χ2n) is 7.62. The summed E-state index contributed by atoms with van der Waals surface area (Å²) in [5.41, 5.74) is 1.73. The van der Waals surface area contributed by atoms with Gasteiger partial charge in [0.05, 0.1) is 12.0 Å². The number of rotatable bonds is 8. The van der Waals surface area contributed by atoms with Crippen LogP contribution in [0.15, 0.2) is 47.4 Å². The first-order valence-corrected chi connectivity index (χ1v) is 11.8. The molecule has 0 unspecified atom stereocenters. The summed E-state index contributed by atoms with van der Waals surface area (Å²) in [6, 6.07) is 11.6. The quantitative estimate of drug-likeness (QED) is 0.628. The highest BCUT2D eigenvalue weighted by Crippen LogP contribution is 2.27. The van der Waals surface area contributed by atoms with Crippen LogP contribution in [0.25, 0.3) is 0 Å². The Balaban J connectivity index is 1.72. The molecular weight excluding hydrogens is 416 g/mol. The molecule has 0 radical (unpaired) electrons. The Labute approximate surface area is 183 Å². The molecule has 0 atom stereocenters. The summed E-state index contributed by atoms with van der Waals surface area (Å²) in [6.07, 6.45) is 3.25. The van der Waals surface area contributed by atoms with Gasteiger partial charge in [0.2, 0.25) is 15.9 Å². The third kappa shape index (κ3) is 5.71. The summed E-state index contributed by atoms with van der Waals surface area (Å²) >= 11 is 0. The van der Waals surface area contributed by atoms with Crippen LogP contribution < -0.4 is 10.1 Å². The van der Waals surface area contributed by atoms with Gasteiger partial charge in [-0.1, -0.05) is 18.6 Å². The van der Waals surface area contributed by atoms with Crippen molar-refractivity contribution >= 4 is 27.4 Å². The van der Waals surface area contributed by atoms with Crippen molar-refractivity contribution in [3.63, 3.8) is 0 Å². The lowest BCUT2D eigenvalue weighted by atomic mass is 10.1. The summed E-state index contributed by atoms with van der Waals surface area (Å²) in [6.45, 7) is 2.54. The molecule has 3 rings (SSSR count). The highest BCUT2D eigenvalue weighted by molar-refractivity contribution is 7.89. The maximum absolute atomic E-state index is 13.0. The number of hydrogen-bond acceptors (Lipinski definition) is 5. The molecule has 1 aliphatic heterocycles. The number of anilines is 1. The van der Waals surface area contributed by atoms with Gasteiger partial charge in [-0.25, -0.2) is 8.42 Å². The van der Waals surface area contributed by atoms with Crippen molar-refractivity contribution in [1.29, 1.82) is 0 Å².